The van der Waals surface area contributed by atoms with Crippen molar-refractivity contribution in [2.24, 2.45) is 23.2 Å². The lowest BCUT2D eigenvalue weighted by molar-refractivity contribution is -0.146. The van der Waals surface area contributed by atoms with Gasteiger partial charge in [-0.15, -0.1) is 0 Å². The number of nitrogens with one attached hydrogen (secondary N) is 3. The number of hydrogen-bond donors (Lipinski definition) is 4. The topological polar surface area (TPSA) is 194 Å². The summed E-state index contributed by atoms with van der Waals surface area (Å²) in [5.74, 6) is -0.0787. The predicted octanol–water partition coefficient (Wildman–Crippen LogP) is 6.03. The number of likely N-dealkylation sites (tertiary alicyclic amines) is 1. The molecule has 1 aromatic carbocycles. The van der Waals surface area contributed by atoms with Gasteiger partial charge in [0.05, 0.1) is 24.9 Å². The van der Waals surface area contributed by atoms with Crippen LogP contribution in [0.25, 0.3) is 22.3 Å². The molecule has 8 atom stereocenters. The van der Waals surface area contributed by atoms with Crippen LogP contribution in [-0.2, 0) is 19.1 Å². The second-order valence-corrected chi connectivity index (χ2v) is 17.5. The molecule has 3 saturated carbocycles. The largest absolute Gasteiger partial charge is 0.495 e. The Hall–Kier alpha value is -4.79. The third kappa shape index (κ3) is 7.78. The first-order valence-electron chi connectivity index (χ1n) is 19.4. The van der Waals surface area contributed by atoms with Crippen molar-refractivity contribution in [2.45, 2.75) is 116 Å². The Morgan fingerprint density at radius 1 is 1.05 bits per heavy atom. The quantitative estimate of drug-likeness (QED) is 0.157. The molecule has 3 aliphatic carbocycles. The molecule has 2 aromatic heterocycles. The van der Waals surface area contributed by atoms with E-state index in [4.69, 9.17) is 35.3 Å². The van der Waals surface area contributed by atoms with Crippen molar-refractivity contribution in [3.8, 4) is 22.9 Å². The van der Waals surface area contributed by atoms with E-state index in [1.807, 2.05) is 41.5 Å². The second kappa shape index (κ2) is 14.9. The molecule has 0 radical (unpaired) electrons. The van der Waals surface area contributed by atoms with Gasteiger partial charge in [-0.3, -0.25) is 9.59 Å². The van der Waals surface area contributed by atoms with E-state index in [2.05, 4.69) is 21.1 Å². The smallest absolute Gasteiger partial charge is 0.408 e. The minimum atomic E-state index is -1.42. The molecule has 3 amide bonds. The number of nitrogens with zero attached hydrogens (tertiary/aromatic N) is 3. The molecular weight excluding hydrogens is 744 g/mol. The molecule has 302 valence electrons. The number of amides is 3. The molecule has 1 unspecified atom stereocenters. The van der Waals surface area contributed by atoms with E-state index in [0.717, 1.165) is 12.8 Å². The number of rotatable bonds is 13. The van der Waals surface area contributed by atoms with Crippen LogP contribution in [0, 0.1) is 23.2 Å². The van der Waals surface area contributed by atoms with Crippen molar-refractivity contribution >= 4 is 52.3 Å². The molecule has 1 aliphatic heterocycles. The van der Waals surface area contributed by atoms with Crippen LogP contribution in [0.1, 0.15) is 80.1 Å². The van der Waals surface area contributed by atoms with E-state index in [1.54, 1.807) is 24.3 Å². The van der Waals surface area contributed by atoms with Crippen LogP contribution in [-0.4, -0.2) is 93.6 Å². The van der Waals surface area contributed by atoms with E-state index in [-0.39, 0.29) is 36.1 Å². The molecule has 16 heteroatoms. The summed E-state index contributed by atoms with van der Waals surface area (Å²) in [7, 11) is 1.50. The molecular formula is C40H51ClN6O9. The first-order chi connectivity index (χ1) is 26.5. The van der Waals surface area contributed by atoms with Gasteiger partial charge in [-0.05, 0) is 74.8 Å². The van der Waals surface area contributed by atoms with E-state index < -0.39 is 53.0 Å². The molecule has 0 spiro atoms. The van der Waals surface area contributed by atoms with Crippen molar-refractivity contribution in [3.63, 3.8) is 0 Å². The lowest BCUT2D eigenvalue weighted by Gasteiger charge is -2.35. The maximum Gasteiger partial charge on any atom is 0.408 e. The molecule has 15 nitrogen and oxygen atoms in total. The number of aliphatic carboxylic acids is 1. The monoisotopic (exact) mass is 794 g/mol. The standard InChI is InChI=1S/C40H51ClN6O9/c1-8-22-17-40(22,37(50)51)45-35(48)28-14-24(18-47(28)36(49)34(39(4,5)6)44-38(52)55-23-12-20-11-21(20)13-23)54-30-15-26(27-16-31(56-46-27)42-19(2)3)43-33-25(30)9-10-29(53-7)32(33)41/h9-10,15-16,19-24,28,34,42H,8,11-14,17-18H2,1-7H3,(H,44,52)(H,45,48)(H,50,51)/t20-,21+,22-,23?,24-,28+,34-,40-/m1/s1. The molecule has 56 heavy (non-hydrogen) atoms. The Labute approximate surface area is 330 Å². The number of carbonyl (C=O) groups excluding carboxylic acids is 3. The van der Waals surface area contributed by atoms with E-state index in [1.165, 1.54) is 18.4 Å². The van der Waals surface area contributed by atoms with Crippen LogP contribution in [0.2, 0.25) is 5.02 Å². The molecule has 3 heterocycles. The summed E-state index contributed by atoms with van der Waals surface area (Å²) in [6, 6.07) is 4.77. The summed E-state index contributed by atoms with van der Waals surface area (Å²) < 4.78 is 23.4. The van der Waals surface area contributed by atoms with Gasteiger partial charge in [-0.25, -0.2) is 14.6 Å². The highest BCUT2D eigenvalue weighted by atomic mass is 35.5. The van der Waals surface area contributed by atoms with Crippen molar-refractivity contribution in [2.75, 3.05) is 19.0 Å². The van der Waals surface area contributed by atoms with Crippen LogP contribution < -0.4 is 25.4 Å². The van der Waals surface area contributed by atoms with Crippen molar-refractivity contribution < 1.29 is 43.0 Å². The number of fused-ring (bicyclic) bond motifs is 2. The zero-order valence-electron chi connectivity index (χ0n) is 32.8. The summed E-state index contributed by atoms with van der Waals surface area (Å²) in [6.45, 7) is 11.2. The maximum absolute atomic E-state index is 14.7. The lowest BCUT2D eigenvalue weighted by Crippen LogP contribution is -2.59. The Bertz CT molecular complexity index is 2020. The Morgan fingerprint density at radius 2 is 1.79 bits per heavy atom. The van der Waals surface area contributed by atoms with Gasteiger partial charge in [0.1, 0.15) is 52.0 Å². The number of carbonyl (C=O) groups is 4. The van der Waals surface area contributed by atoms with E-state index in [0.29, 0.717) is 64.4 Å². The number of alkyl carbamates (subject to hydrolysis) is 1. The highest BCUT2D eigenvalue weighted by molar-refractivity contribution is 6.36. The summed E-state index contributed by atoms with van der Waals surface area (Å²) in [6.07, 6.45) is 2.07. The Kier molecular flexibility index (Phi) is 10.5. The third-order valence-electron chi connectivity index (χ3n) is 11.6. The summed E-state index contributed by atoms with van der Waals surface area (Å²) in [5, 5.41) is 23.9. The molecule has 7 rings (SSSR count). The average Bonchev–Trinajstić information content (AvgIpc) is 3.80. The van der Waals surface area contributed by atoms with Crippen LogP contribution in [0.15, 0.2) is 28.8 Å². The molecule has 3 aromatic rings. The first kappa shape index (κ1) is 39.4. The number of pyridine rings is 1. The minimum Gasteiger partial charge on any atom is -0.495 e. The number of benzene rings is 1. The van der Waals surface area contributed by atoms with Crippen LogP contribution in [0.4, 0.5) is 10.7 Å². The average molecular weight is 795 g/mol. The number of hydrogen-bond acceptors (Lipinski definition) is 11. The number of halogens is 1. The highest BCUT2D eigenvalue weighted by Gasteiger charge is 2.61. The summed E-state index contributed by atoms with van der Waals surface area (Å²) >= 11 is 6.79. The van der Waals surface area contributed by atoms with Gasteiger partial charge < -0.3 is 44.7 Å². The molecule has 0 bridgehead atoms. The summed E-state index contributed by atoms with van der Waals surface area (Å²) in [5.41, 5.74) is -1.03. The van der Waals surface area contributed by atoms with Crippen LogP contribution in [0.5, 0.6) is 11.5 Å². The zero-order valence-corrected chi connectivity index (χ0v) is 33.6. The van der Waals surface area contributed by atoms with Gasteiger partial charge in [0.2, 0.25) is 17.7 Å². The fourth-order valence-corrected chi connectivity index (χ4v) is 8.65. The molecule has 1 saturated heterocycles. The molecule has 4 fully saturated rings. The van der Waals surface area contributed by atoms with Gasteiger partial charge in [-0.2, -0.15) is 0 Å². The normalized spacial score (nSPS) is 27.1. The first-order valence-corrected chi connectivity index (χ1v) is 19.8. The Balaban J connectivity index is 1.20. The van der Waals surface area contributed by atoms with Crippen LogP contribution in [0.3, 0.4) is 0 Å². The number of ether oxygens (including phenoxy) is 3. The van der Waals surface area contributed by atoms with Crippen molar-refractivity contribution in [1.82, 2.24) is 25.7 Å². The number of carboxylic acid groups (broad SMARTS) is 1. The zero-order chi connectivity index (χ0) is 40.3. The molecule has 4 aliphatic rings. The number of methoxy groups -OCH3 is 1. The van der Waals surface area contributed by atoms with Gasteiger partial charge in [0.25, 0.3) is 0 Å². The minimum absolute atomic E-state index is 0.0334. The van der Waals surface area contributed by atoms with Gasteiger partial charge >= 0.3 is 12.1 Å². The summed E-state index contributed by atoms with van der Waals surface area (Å²) in [4.78, 5) is 60.7. The number of anilines is 1. The van der Waals surface area contributed by atoms with E-state index in [9.17, 15) is 24.3 Å². The fourth-order valence-electron chi connectivity index (χ4n) is 8.37. The van der Waals surface area contributed by atoms with Gasteiger partial charge in [0.15, 0.2) is 0 Å². The van der Waals surface area contributed by atoms with Gasteiger partial charge in [-0.1, -0.05) is 50.9 Å². The van der Waals surface area contributed by atoms with Crippen molar-refractivity contribution in [3.05, 3.63) is 29.3 Å². The fraction of sp³-hybridized carbons (Fsp3) is 0.600. The molecule has 4 N–H and O–H groups in total. The number of aromatic nitrogens is 2. The van der Waals surface area contributed by atoms with Gasteiger partial charge in [0, 0.05) is 30.0 Å². The predicted molar refractivity (Wildman–Crippen MR) is 206 cm³/mol. The highest BCUT2D eigenvalue weighted by Crippen LogP contribution is 2.52. The third-order valence-corrected chi connectivity index (χ3v) is 12.0. The van der Waals surface area contributed by atoms with Crippen LogP contribution >= 0.6 is 11.6 Å². The number of carboxylic acids is 1. The Morgan fingerprint density at radius 3 is 2.41 bits per heavy atom. The van der Waals surface area contributed by atoms with Crippen molar-refractivity contribution in [1.29, 1.82) is 0 Å². The second-order valence-electron chi connectivity index (χ2n) is 17.1. The SMILES string of the molecule is CC[C@@H]1C[C@]1(NC(=O)[C@@H]1C[C@@H](Oc2cc(-c3cc(NC(C)C)on3)nc3c(Cl)c(OC)ccc23)CN1C(=O)[C@@H](NC(=O)OC1C[C@@H]2C[C@@H]2C1)C(C)(C)C)C(=O)O. The van der Waals surface area contributed by atoms with E-state index >= 15 is 0 Å². The maximum atomic E-state index is 14.7. The lowest BCUT2D eigenvalue weighted by atomic mass is 9.85.